The van der Waals surface area contributed by atoms with Crippen LogP contribution < -0.4 is 5.56 Å². The van der Waals surface area contributed by atoms with E-state index in [2.05, 4.69) is 6.58 Å². The van der Waals surface area contributed by atoms with Crippen LogP contribution in [0.2, 0.25) is 0 Å². The summed E-state index contributed by atoms with van der Waals surface area (Å²) in [5.74, 6) is 0. The predicted molar refractivity (Wildman–Crippen MR) is 71.1 cm³/mol. The van der Waals surface area contributed by atoms with Gasteiger partial charge >= 0.3 is 0 Å². The number of nitriles is 1. The predicted octanol–water partition coefficient (Wildman–Crippen LogP) is 2.57. The zero-order valence-corrected chi connectivity index (χ0v) is 9.84. The average Bonchev–Trinajstić information content (AvgIpc) is 2.42. The van der Waals surface area contributed by atoms with E-state index in [4.69, 9.17) is 5.26 Å². The fourth-order valence-corrected chi connectivity index (χ4v) is 1.82. The van der Waals surface area contributed by atoms with Gasteiger partial charge in [0.15, 0.2) is 0 Å². The minimum atomic E-state index is -0.279. The second-order valence-electron chi connectivity index (χ2n) is 3.83. The van der Waals surface area contributed by atoms with E-state index in [1.807, 2.05) is 36.4 Å². The summed E-state index contributed by atoms with van der Waals surface area (Å²) in [5, 5.41) is 9.16. The standard InChI is InChI=1S/C15H12N2O/c1-2-9-17-10-8-13(14(11-16)15(17)18)12-6-4-3-5-7-12/h2-8,10H,1,9H2. The topological polar surface area (TPSA) is 45.8 Å². The first-order valence-electron chi connectivity index (χ1n) is 5.57. The molecule has 0 fully saturated rings. The fraction of sp³-hybridized carbons (Fsp3) is 0.0667. The Balaban J connectivity index is 2.65. The van der Waals surface area contributed by atoms with Crippen molar-refractivity contribution in [1.29, 1.82) is 5.26 Å². The molecule has 1 aromatic carbocycles. The minimum Gasteiger partial charge on any atom is -0.311 e. The molecule has 0 amide bonds. The largest absolute Gasteiger partial charge is 0.311 e. The molecule has 0 aliphatic heterocycles. The van der Waals surface area contributed by atoms with Gasteiger partial charge in [0, 0.05) is 18.3 Å². The van der Waals surface area contributed by atoms with E-state index in [0.717, 1.165) is 5.56 Å². The molecule has 3 heteroatoms. The molecule has 1 heterocycles. The van der Waals surface area contributed by atoms with E-state index in [0.29, 0.717) is 12.1 Å². The molecule has 0 N–H and O–H groups in total. The molecule has 0 unspecified atom stereocenters. The van der Waals surface area contributed by atoms with E-state index < -0.39 is 0 Å². The fourth-order valence-electron chi connectivity index (χ4n) is 1.82. The highest BCUT2D eigenvalue weighted by molar-refractivity contribution is 5.69. The number of allylic oxidation sites excluding steroid dienone is 1. The molecule has 0 atom stereocenters. The summed E-state index contributed by atoms with van der Waals surface area (Å²) in [5.41, 5.74) is 1.43. The summed E-state index contributed by atoms with van der Waals surface area (Å²) < 4.78 is 1.47. The van der Waals surface area contributed by atoms with E-state index in [1.165, 1.54) is 4.57 Å². The Kier molecular flexibility index (Phi) is 3.40. The highest BCUT2D eigenvalue weighted by atomic mass is 16.1. The summed E-state index contributed by atoms with van der Waals surface area (Å²) in [4.78, 5) is 12.1. The molecule has 88 valence electrons. The molecule has 2 rings (SSSR count). The Morgan fingerprint density at radius 1 is 1.28 bits per heavy atom. The highest BCUT2D eigenvalue weighted by Crippen LogP contribution is 2.20. The maximum absolute atomic E-state index is 12.1. The SMILES string of the molecule is C=CCn1ccc(-c2ccccc2)c(C#N)c1=O. The Bertz CT molecular complexity index is 663. The average molecular weight is 236 g/mol. The maximum Gasteiger partial charge on any atom is 0.269 e. The first-order valence-corrected chi connectivity index (χ1v) is 5.57. The van der Waals surface area contributed by atoms with Gasteiger partial charge in [-0.2, -0.15) is 5.26 Å². The van der Waals surface area contributed by atoms with Gasteiger partial charge in [-0.3, -0.25) is 4.79 Å². The van der Waals surface area contributed by atoms with Crippen molar-refractivity contribution in [3.8, 4) is 17.2 Å². The summed E-state index contributed by atoms with van der Waals surface area (Å²) in [6.07, 6.45) is 3.32. The molecule has 0 aliphatic carbocycles. The van der Waals surface area contributed by atoms with E-state index in [1.54, 1.807) is 18.3 Å². The molecule has 0 radical (unpaired) electrons. The monoisotopic (exact) mass is 236 g/mol. The van der Waals surface area contributed by atoms with Gasteiger partial charge in [-0.05, 0) is 11.6 Å². The van der Waals surface area contributed by atoms with E-state index in [-0.39, 0.29) is 11.1 Å². The quantitative estimate of drug-likeness (QED) is 0.769. The molecule has 0 bridgehead atoms. The van der Waals surface area contributed by atoms with Crippen molar-refractivity contribution in [2.75, 3.05) is 0 Å². The van der Waals surface area contributed by atoms with Gasteiger partial charge in [-0.1, -0.05) is 36.4 Å². The van der Waals surface area contributed by atoms with Crippen molar-refractivity contribution in [1.82, 2.24) is 4.57 Å². The number of rotatable bonds is 3. The first-order chi connectivity index (χ1) is 8.77. The number of benzene rings is 1. The number of hydrogen-bond acceptors (Lipinski definition) is 2. The molecule has 2 aromatic rings. The summed E-state index contributed by atoms with van der Waals surface area (Å²) >= 11 is 0. The summed E-state index contributed by atoms with van der Waals surface area (Å²) in [7, 11) is 0. The molecule has 0 saturated carbocycles. The van der Waals surface area contributed by atoms with Gasteiger partial charge in [0.25, 0.3) is 5.56 Å². The normalized spacial score (nSPS) is 9.72. The van der Waals surface area contributed by atoms with Gasteiger partial charge < -0.3 is 4.57 Å². The van der Waals surface area contributed by atoms with E-state index >= 15 is 0 Å². The number of pyridine rings is 1. The lowest BCUT2D eigenvalue weighted by Crippen LogP contribution is -2.22. The van der Waals surface area contributed by atoms with Crippen LogP contribution in [-0.2, 0) is 6.54 Å². The lowest BCUT2D eigenvalue weighted by Gasteiger charge is -2.07. The molecular formula is C15H12N2O. The molecular weight excluding hydrogens is 224 g/mol. The van der Waals surface area contributed by atoms with Crippen LogP contribution in [0.4, 0.5) is 0 Å². The van der Waals surface area contributed by atoms with Crippen molar-refractivity contribution in [3.63, 3.8) is 0 Å². The number of aromatic nitrogens is 1. The van der Waals surface area contributed by atoms with Crippen molar-refractivity contribution in [2.45, 2.75) is 6.54 Å². The Hall–Kier alpha value is -2.60. The van der Waals surface area contributed by atoms with Crippen molar-refractivity contribution >= 4 is 0 Å². The molecule has 18 heavy (non-hydrogen) atoms. The van der Waals surface area contributed by atoms with Crippen LogP contribution in [-0.4, -0.2) is 4.57 Å². The molecule has 1 aromatic heterocycles. The van der Waals surface area contributed by atoms with Crippen LogP contribution in [0.1, 0.15) is 5.56 Å². The summed E-state index contributed by atoms with van der Waals surface area (Å²) in [6, 6.07) is 13.2. The third-order valence-corrected chi connectivity index (χ3v) is 2.69. The van der Waals surface area contributed by atoms with Crippen LogP contribution in [0.15, 0.2) is 60.0 Å². The molecule has 3 nitrogen and oxygen atoms in total. The van der Waals surface area contributed by atoms with Gasteiger partial charge in [0.05, 0.1) is 0 Å². The molecule has 0 spiro atoms. The van der Waals surface area contributed by atoms with Gasteiger partial charge in [0.1, 0.15) is 11.6 Å². The third kappa shape index (κ3) is 2.09. The van der Waals surface area contributed by atoms with Crippen LogP contribution >= 0.6 is 0 Å². The number of nitrogens with zero attached hydrogens (tertiary/aromatic N) is 2. The van der Waals surface area contributed by atoms with Crippen LogP contribution in [0, 0.1) is 11.3 Å². The van der Waals surface area contributed by atoms with Crippen molar-refractivity contribution < 1.29 is 0 Å². The molecule has 0 aliphatic rings. The summed E-state index contributed by atoms with van der Waals surface area (Å²) in [6.45, 7) is 4.00. The number of hydrogen-bond donors (Lipinski definition) is 0. The van der Waals surface area contributed by atoms with Gasteiger partial charge in [0.2, 0.25) is 0 Å². The zero-order valence-electron chi connectivity index (χ0n) is 9.84. The lowest BCUT2D eigenvalue weighted by atomic mass is 10.0. The van der Waals surface area contributed by atoms with Gasteiger partial charge in [-0.25, -0.2) is 0 Å². The third-order valence-electron chi connectivity index (χ3n) is 2.69. The lowest BCUT2D eigenvalue weighted by molar-refractivity contribution is 0.778. The second kappa shape index (κ2) is 5.15. The van der Waals surface area contributed by atoms with Crippen LogP contribution in [0.25, 0.3) is 11.1 Å². The van der Waals surface area contributed by atoms with Crippen LogP contribution in [0.5, 0.6) is 0 Å². The van der Waals surface area contributed by atoms with Crippen molar-refractivity contribution in [2.24, 2.45) is 0 Å². The minimum absolute atomic E-state index is 0.172. The van der Waals surface area contributed by atoms with Gasteiger partial charge in [-0.15, -0.1) is 6.58 Å². The Labute approximate surface area is 105 Å². The second-order valence-corrected chi connectivity index (χ2v) is 3.83. The van der Waals surface area contributed by atoms with E-state index in [9.17, 15) is 4.79 Å². The van der Waals surface area contributed by atoms with Crippen LogP contribution in [0.3, 0.4) is 0 Å². The first kappa shape index (κ1) is 11.9. The zero-order chi connectivity index (χ0) is 13.0. The Morgan fingerprint density at radius 3 is 2.61 bits per heavy atom. The maximum atomic E-state index is 12.1. The smallest absolute Gasteiger partial charge is 0.269 e. The van der Waals surface area contributed by atoms with Crippen molar-refractivity contribution in [3.05, 3.63) is 71.2 Å². The molecule has 0 saturated heterocycles. The Morgan fingerprint density at radius 2 is 2.00 bits per heavy atom. The highest BCUT2D eigenvalue weighted by Gasteiger charge is 2.10.